The van der Waals surface area contributed by atoms with E-state index < -0.39 is 0 Å². The summed E-state index contributed by atoms with van der Waals surface area (Å²) in [4.78, 5) is 4.85. The molecule has 1 unspecified atom stereocenters. The van der Waals surface area contributed by atoms with Gasteiger partial charge in [0.15, 0.2) is 0 Å². The third kappa shape index (κ3) is 6.64. The SMILES string of the molecule is CC1=CCC[C@H](C)C1c1c(C)nn(-c2cc(Oc3ccc4c5ccccc5n(-c5cc(C(C)C)ccn5)c4c3)cc(C(C)(C)C)c2)c1CC(C)C. The molecule has 0 saturated heterocycles. The fourth-order valence-electron chi connectivity index (χ4n) is 8.13. The first-order chi connectivity index (χ1) is 24.3. The van der Waals surface area contributed by atoms with E-state index in [1.165, 1.54) is 45.2 Å². The summed E-state index contributed by atoms with van der Waals surface area (Å²) < 4.78 is 11.4. The van der Waals surface area contributed by atoms with E-state index in [-0.39, 0.29) is 5.41 Å². The van der Waals surface area contributed by atoms with Crippen LogP contribution in [0.3, 0.4) is 0 Å². The molecule has 0 fully saturated rings. The van der Waals surface area contributed by atoms with Gasteiger partial charge < -0.3 is 4.74 Å². The van der Waals surface area contributed by atoms with Crippen LogP contribution in [-0.4, -0.2) is 19.3 Å². The zero-order chi connectivity index (χ0) is 36.2. The molecule has 3 aromatic heterocycles. The molecule has 0 N–H and O–H groups in total. The van der Waals surface area contributed by atoms with Crippen molar-refractivity contribution in [1.29, 1.82) is 0 Å². The minimum atomic E-state index is -0.0853. The van der Waals surface area contributed by atoms with Crippen LogP contribution in [0.4, 0.5) is 0 Å². The van der Waals surface area contributed by atoms with Crippen molar-refractivity contribution in [3.05, 3.63) is 119 Å². The van der Waals surface area contributed by atoms with Crippen LogP contribution in [0, 0.1) is 18.8 Å². The molecular formula is C46H54N4O. The fourth-order valence-corrected chi connectivity index (χ4v) is 8.13. The van der Waals surface area contributed by atoms with E-state index in [2.05, 4.69) is 157 Å². The fraction of sp³-hybridized carbons (Fsp3) is 0.391. The van der Waals surface area contributed by atoms with Gasteiger partial charge in [0.2, 0.25) is 0 Å². The van der Waals surface area contributed by atoms with Gasteiger partial charge in [-0.15, -0.1) is 0 Å². The van der Waals surface area contributed by atoms with Gasteiger partial charge in [0.1, 0.15) is 17.3 Å². The summed E-state index contributed by atoms with van der Waals surface area (Å²) in [6.07, 6.45) is 7.72. The lowest BCUT2D eigenvalue weighted by Crippen LogP contribution is -2.18. The lowest BCUT2D eigenvalue weighted by Gasteiger charge is -2.30. The number of aryl methyl sites for hydroxylation is 1. The Labute approximate surface area is 304 Å². The summed E-state index contributed by atoms with van der Waals surface area (Å²) in [6.45, 7) is 22.8. The molecule has 1 aliphatic carbocycles. The molecule has 5 nitrogen and oxygen atoms in total. The minimum Gasteiger partial charge on any atom is -0.457 e. The van der Waals surface area contributed by atoms with Crippen molar-refractivity contribution < 1.29 is 4.74 Å². The van der Waals surface area contributed by atoms with E-state index in [9.17, 15) is 0 Å². The van der Waals surface area contributed by atoms with Gasteiger partial charge in [0.25, 0.3) is 0 Å². The Morgan fingerprint density at radius 3 is 2.35 bits per heavy atom. The summed E-state index contributed by atoms with van der Waals surface area (Å²) in [5.74, 6) is 4.42. The van der Waals surface area contributed by atoms with E-state index in [1.807, 2.05) is 6.20 Å². The van der Waals surface area contributed by atoms with E-state index in [4.69, 9.17) is 14.8 Å². The van der Waals surface area contributed by atoms with Crippen LogP contribution in [0.2, 0.25) is 0 Å². The monoisotopic (exact) mass is 678 g/mol. The zero-order valence-electron chi connectivity index (χ0n) is 32.2. The van der Waals surface area contributed by atoms with Crippen LogP contribution in [0.5, 0.6) is 11.5 Å². The number of allylic oxidation sites excluding steroid dienone is 2. The van der Waals surface area contributed by atoms with Gasteiger partial charge in [-0.3, -0.25) is 4.57 Å². The Kier molecular flexibility index (Phi) is 9.20. The molecule has 1 aliphatic rings. The molecule has 0 radical (unpaired) electrons. The van der Waals surface area contributed by atoms with Crippen molar-refractivity contribution in [2.24, 2.45) is 11.8 Å². The normalized spacial score (nSPS) is 16.8. The molecule has 2 atom stereocenters. The Morgan fingerprint density at radius 1 is 0.863 bits per heavy atom. The summed E-state index contributed by atoms with van der Waals surface area (Å²) >= 11 is 0. The molecule has 264 valence electrons. The van der Waals surface area contributed by atoms with Gasteiger partial charge in [-0.2, -0.15) is 5.10 Å². The summed E-state index contributed by atoms with van der Waals surface area (Å²) in [7, 11) is 0. The average Bonchev–Trinajstić information content (AvgIpc) is 3.57. The van der Waals surface area contributed by atoms with Gasteiger partial charge in [-0.05, 0) is 110 Å². The predicted octanol–water partition coefficient (Wildman–Crippen LogP) is 12.5. The lowest BCUT2D eigenvalue weighted by molar-refractivity contribution is 0.444. The topological polar surface area (TPSA) is 44.9 Å². The first kappa shape index (κ1) is 34.8. The molecule has 0 bridgehead atoms. The summed E-state index contributed by atoms with van der Waals surface area (Å²) in [5, 5.41) is 7.68. The van der Waals surface area contributed by atoms with Crippen LogP contribution in [-0.2, 0) is 11.8 Å². The predicted molar refractivity (Wildman–Crippen MR) is 213 cm³/mol. The third-order valence-electron chi connectivity index (χ3n) is 10.8. The second-order valence-electron chi connectivity index (χ2n) is 16.6. The number of benzene rings is 3. The highest BCUT2D eigenvalue weighted by Crippen LogP contribution is 2.43. The molecule has 0 spiro atoms. The highest BCUT2D eigenvalue weighted by atomic mass is 16.5. The minimum absolute atomic E-state index is 0.0853. The molecule has 51 heavy (non-hydrogen) atoms. The van der Waals surface area contributed by atoms with Gasteiger partial charge >= 0.3 is 0 Å². The number of nitrogens with zero attached hydrogens (tertiary/aromatic N) is 4. The van der Waals surface area contributed by atoms with E-state index in [0.717, 1.165) is 52.6 Å². The van der Waals surface area contributed by atoms with Crippen molar-refractivity contribution in [3.63, 3.8) is 0 Å². The van der Waals surface area contributed by atoms with Crippen LogP contribution < -0.4 is 4.74 Å². The molecule has 3 heterocycles. The maximum atomic E-state index is 6.86. The molecule has 7 rings (SSSR count). The van der Waals surface area contributed by atoms with Gasteiger partial charge in [-0.25, -0.2) is 9.67 Å². The Balaban J connectivity index is 1.37. The first-order valence-electron chi connectivity index (χ1n) is 18.9. The zero-order valence-corrected chi connectivity index (χ0v) is 32.2. The van der Waals surface area contributed by atoms with Crippen molar-refractivity contribution in [2.45, 2.75) is 106 Å². The van der Waals surface area contributed by atoms with Crippen LogP contribution in [0.25, 0.3) is 33.3 Å². The van der Waals surface area contributed by atoms with Crippen molar-refractivity contribution in [3.8, 4) is 23.0 Å². The number of aromatic nitrogens is 4. The maximum absolute atomic E-state index is 6.86. The van der Waals surface area contributed by atoms with Crippen molar-refractivity contribution in [1.82, 2.24) is 19.3 Å². The number of ether oxygens (including phenoxy) is 1. The molecule has 3 aromatic carbocycles. The quantitative estimate of drug-likeness (QED) is 0.151. The van der Waals surface area contributed by atoms with Crippen molar-refractivity contribution >= 4 is 21.8 Å². The number of hydrogen-bond donors (Lipinski definition) is 0. The third-order valence-corrected chi connectivity index (χ3v) is 10.8. The number of fused-ring (bicyclic) bond motifs is 3. The van der Waals surface area contributed by atoms with Gasteiger partial charge in [0, 0.05) is 46.3 Å². The first-order valence-corrected chi connectivity index (χ1v) is 18.9. The summed E-state index contributed by atoms with van der Waals surface area (Å²) in [6, 6.07) is 26.1. The van der Waals surface area contributed by atoms with Gasteiger partial charge in [-0.1, -0.05) is 85.2 Å². The molecule has 5 heteroatoms. The maximum Gasteiger partial charge on any atom is 0.137 e. The molecule has 0 amide bonds. The van der Waals surface area contributed by atoms with Crippen molar-refractivity contribution in [2.75, 3.05) is 0 Å². The Morgan fingerprint density at radius 2 is 1.63 bits per heavy atom. The lowest BCUT2D eigenvalue weighted by atomic mass is 9.74. The largest absolute Gasteiger partial charge is 0.457 e. The average molecular weight is 679 g/mol. The van der Waals surface area contributed by atoms with E-state index >= 15 is 0 Å². The van der Waals surface area contributed by atoms with E-state index in [1.54, 1.807) is 0 Å². The summed E-state index contributed by atoms with van der Waals surface area (Å²) in [5.41, 5.74) is 11.0. The smallest absolute Gasteiger partial charge is 0.137 e. The molecule has 0 saturated carbocycles. The van der Waals surface area contributed by atoms with E-state index in [0.29, 0.717) is 23.7 Å². The second kappa shape index (κ2) is 13.5. The molecular weight excluding hydrogens is 625 g/mol. The number of hydrogen-bond acceptors (Lipinski definition) is 3. The number of para-hydroxylation sites is 1. The highest BCUT2D eigenvalue weighted by Gasteiger charge is 2.31. The van der Waals surface area contributed by atoms with Crippen LogP contribution in [0.1, 0.15) is 115 Å². The van der Waals surface area contributed by atoms with Crippen LogP contribution >= 0.6 is 0 Å². The number of rotatable bonds is 8. The Bertz CT molecular complexity index is 2260. The Hall–Kier alpha value is -4.64. The highest BCUT2D eigenvalue weighted by molar-refractivity contribution is 6.09. The van der Waals surface area contributed by atoms with Crippen LogP contribution in [0.15, 0.2) is 90.6 Å². The molecule has 0 aliphatic heterocycles. The number of pyridine rings is 1. The standard InChI is InChI=1S/C46H54N4O/c1-28(2)22-42-45(44-30(5)14-13-15-31(44)6)32(7)48-50(42)35-24-34(46(8,9)10)25-37(26-35)51-36-18-19-39-38-16-11-12-17-40(38)49(41(39)27-36)43-23-33(29(3)4)20-21-47-43/h11-12,14,16-21,23-29,31,44H,13,15,22H2,1-10H3/t31-,44?/m0/s1. The second-order valence-corrected chi connectivity index (χ2v) is 16.6. The van der Waals surface area contributed by atoms with Gasteiger partial charge in [0.05, 0.1) is 22.4 Å². The molecule has 6 aromatic rings.